The zero-order valence-electron chi connectivity index (χ0n) is 14.8. The first-order chi connectivity index (χ1) is 11.4. The first-order valence-electron chi connectivity index (χ1n) is 8.62. The van der Waals surface area contributed by atoms with Crippen molar-refractivity contribution in [3.05, 3.63) is 35.1 Å². The summed E-state index contributed by atoms with van der Waals surface area (Å²) in [5.41, 5.74) is 2.51. The monoisotopic (exact) mass is 364 g/mol. The highest BCUT2D eigenvalue weighted by atomic mass is 35.5. The van der Waals surface area contributed by atoms with Gasteiger partial charge in [-0.05, 0) is 35.9 Å². The van der Waals surface area contributed by atoms with Crippen LogP contribution in [0.2, 0.25) is 5.15 Å². The van der Waals surface area contributed by atoms with Crippen molar-refractivity contribution < 1.29 is 4.21 Å². The maximum absolute atomic E-state index is 11.8. The molecule has 0 N–H and O–H groups in total. The van der Waals surface area contributed by atoms with Gasteiger partial charge in [0.05, 0.1) is 0 Å². The Morgan fingerprint density at radius 3 is 2.75 bits per heavy atom. The van der Waals surface area contributed by atoms with Crippen LogP contribution in [0.3, 0.4) is 0 Å². The first kappa shape index (κ1) is 17.7. The molecule has 0 saturated carbocycles. The Kier molecular flexibility index (Phi) is 5.16. The van der Waals surface area contributed by atoms with Crippen molar-refractivity contribution in [3.8, 4) is 0 Å². The molecule has 130 valence electrons. The van der Waals surface area contributed by atoms with Crippen LogP contribution in [-0.4, -0.2) is 33.3 Å². The van der Waals surface area contributed by atoms with E-state index in [1.165, 1.54) is 16.6 Å². The van der Waals surface area contributed by atoms with Crippen LogP contribution in [0.4, 0.5) is 5.69 Å². The summed E-state index contributed by atoms with van der Waals surface area (Å²) < 4.78 is 11.8. The number of benzene rings is 1. The zero-order valence-corrected chi connectivity index (χ0v) is 16.3. The van der Waals surface area contributed by atoms with Gasteiger partial charge in [0.1, 0.15) is 5.15 Å². The first-order valence-corrected chi connectivity index (χ1v) is 10.5. The molecule has 0 amide bonds. The lowest BCUT2D eigenvalue weighted by Crippen LogP contribution is -2.56. The number of pyridine rings is 1. The van der Waals surface area contributed by atoms with Crippen LogP contribution >= 0.6 is 11.6 Å². The highest BCUT2D eigenvalue weighted by molar-refractivity contribution is 7.84. The minimum absolute atomic E-state index is 0.407. The quantitative estimate of drug-likeness (QED) is 0.726. The zero-order chi connectivity index (χ0) is 17.4. The molecule has 3 atom stereocenters. The Balaban J connectivity index is 1.94. The normalized spacial score (nSPS) is 22.0. The van der Waals surface area contributed by atoms with Gasteiger partial charge in [0.15, 0.2) is 0 Å². The molecule has 5 heteroatoms. The third kappa shape index (κ3) is 3.18. The molecule has 2 heterocycles. The third-order valence-corrected chi connectivity index (χ3v) is 6.79. The van der Waals surface area contributed by atoms with Gasteiger partial charge in [-0.25, -0.2) is 4.98 Å². The summed E-state index contributed by atoms with van der Waals surface area (Å²) in [6, 6.07) is 6.80. The lowest BCUT2D eigenvalue weighted by atomic mass is 9.89. The number of hydrogen-bond acceptors (Lipinski definition) is 3. The highest BCUT2D eigenvalue weighted by Gasteiger charge is 2.37. The summed E-state index contributed by atoms with van der Waals surface area (Å²) in [5, 5.41) is 2.89. The fourth-order valence-corrected chi connectivity index (χ4v) is 4.78. The van der Waals surface area contributed by atoms with Gasteiger partial charge in [-0.15, -0.1) is 0 Å². The molecule has 0 bridgehead atoms. The van der Waals surface area contributed by atoms with Gasteiger partial charge in [0.25, 0.3) is 0 Å². The van der Waals surface area contributed by atoms with Crippen LogP contribution in [-0.2, 0) is 10.8 Å². The predicted molar refractivity (Wildman–Crippen MR) is 105 cm³/mol. The maximum Gasteiger partial charge on any atom is 0.129 e. The molecule has 0 aliphatic carbocycles. The maximum atomic E-state index is 11.8. The van der Waals surface area contributed by atoms with Gasteiger partial charge in [-0.1, -0.05) is 38.4 Å². The second-order valence-corrected chi connectivity index (χ2v) is 9.11. The molecule has 1 aliphatic heterocycles. The van der Waals surface area contributed by atoms with E-state index in [0.717, 1.165) is 23.4 Å². The summed E-state index contributed by atoms with van der Waals surface area (Å²) in [6.45, 7) is 9.58. The molecule has 3 nitrogen and oxygen atoms in total. The lowest BCUT2D eigenvalue weighted by Gasteiger charge is -2.48. The second-order valence-electron chi connectivity index (χ2n) is 6.93. The standard InChI is InChI=1S/C19H25ClN2OS/c1-5-24(23)11-14-10-22(13(14)4)18-7-6-15(12(2)3)16-8-19(20)21-9-17(16)18/h6-9,12-14H,5,10-11H2,1-4H3/t13-,14-,24-/m0/s1. The molecule has 0 unspecified atom stereocenters. The van der Waals surface area contributed by atoms with E-state index in [0.29, 0.717) is 23.0 Å². The topological polar surface area (TPSA) is 33.2 Å². The Morgan fingerprint density at radius 2 is 2.12 bits per heavy atom. The van der Waals surface area contributed by atoms with Crippen molar-refractivity contribution >= 4 is 38.9 Å². The van der Waals surface area contributed by atoms with E-state index in [-0.39, 0.29) is 0 Å². The fourth-order valence-electron chi connectivity index (χ4n) is 3.53. The summed E-state index contributed by atoms with van der Waals surface area (Å²) in [6.07, 6.45) is 1.89. The molecule has 2 aromatic rings. The lowest BCUT2D eigenvalue weighted by molar-refractivity contribution is 0.344. The molecule has 24 heavy (non-hydrogen) atoms. The molecule has 1 aromatic carbocycles. The number of halogens is 1. The SMILES string of the molecule is CC[S@](=O)C[C@@H]1CN(c2ccc(C(C)C)c3cc(Cl)ncc23)[C@H]1C. The second kappa shape index (κ2) is 7.01. The van der Waals surface area contributed by atoms with Crippen molar-refractivity contribution in [2.24, 2.45) is 5.92 Å². The van der Waals surface area contributed by atoms with Crippen LogP contribution in [0.1, 0.15) is 39.2 Å². The summed E-state index contributed by atoms with van der Waals surface area (Å²) >= 11 is 6.14. The van der Waals surface area contributed by atoms with Crippen LogP contribution in [0.15, 0.2) is 24.4 Å². The minimum Gasteiger partial charge on any atom is -0.368 e. The number of nitrogens with zero attached hydrogens (tertiary/aromatic N) is 2. The number of rotatable bonds is 5. The fraction of sp³-hybridized carbons (Fsp3) is 0.526. The van der Waals surface area contributed by atoms with Gasteiger partial charge < -0.3 is 4.90 Å². The molecular weight excluding hydrogens is 340 g/mol. The predicted octanol–water partition coefficient (Wildman–Crippen LogP) is 4.60. The molecule has 1 saturated heterocycles. The van der Waals surface area contributed by atoms with Crippen molar-refractivity contribution in [2.75, 3.05) is 23.0 Å². The number of anilines is 1. The summed E-state index contributed by atoms with van der Waals surface area (Å²) in [5.74, 6) is 2.50. The van der Waals surface area contributed by atoms with Gasteiger partial charge in [0, 0.05) is 58.1 Å². The average molecular weight is 365 g/mol. The van der Waals surface area contributed by atoms with E-state index < -0.39 is 10.8 Å². The Labute approximate surface area is 151 Å². The molecule has 1 aliphatic rings. The molecule has 0 radical (unpaired) electrons. The summed E-state index contributed by atoms with van der Waals surface area (Å²) in [4.78, 5) is 6.71. The summed E-state index contributed by atoms with van der Waals surface area (Å²) in [7, 11) is -0.694. The molecular formula is C19H25ClN2OS. The van der Waals surface area contributed by atoms with E-state index in [1.54, 1.807) is 0 Å². The average Bonchev–Trinajstić information content (AvgIpc) is 2.56. The smallest absolute Gasteiger partial charge is 0.129 e. The van der Waals surface area contributed by atoms with E-state index >= 15 is 0 Å². The number of hydrogen-bond donors (Lipinski definition) is 0. The molecule has 3 rings (SSSR count). The van der Waals surface area contributed by atoms with Crippen molar-refractivity contribution in [1.82, 2.24) is 4.98 Å². The van der Waals surface area contributed by atoms with E-state index in [1.807, 2.05) is 19.2 Å². The van der Waals surface area contributed by atoms with Crippen LogP contribution in [0.5, 0.6) is 0 Å². The van der Waals surface area contributed by atoms with Crippen molar-refractivity contribution in [3.63, 3.8) is 0 Å². The van der Waals surface area contributed by atoms with E-state index in [2.05, 4.69) is 42.8 Å². The third-order valence-electron chi connectivity index (χ3n) is 5.14. The largest absolute Gasteiger partial charge is 0.368 e. The van der Waals surface area contributed by atoms with Crippen LogP contribution in [0.25, 0.3) is 10.8 Å². The van der Waals surface area contributed by atoms with Crippen LogP contribution < -0.4 is 4.90 Å². The molecule has 0 spiro atoms. The van der Waals surface area contributed by atoms with E-state index in [9.17, 15) is 4.21 Å². The van der Waals surface area contributed by atoms with Crippen molar-refractivity contribution in [1.29, 1.82) is 0 Å². The highest BCUT2D eigenvalue weighted by Crippen LogP contribution is 2.39. The van der Waals surface area contributed by atoms with Gasteiger partial charge in [-0.3, -0.25) is 4.21 Å². The minimum atomic E-state index is -0.694. The van der Waals surface area contributed by atoms with Crippen molar-refractivity contribution in [2.45, 2.75) is 39.7 Å². The Morgan fingerprint density at radius 1 is 1.38 bits per heavy atom. The number of fused-ring (bicyclic) bond motifs is 1. The van der Waals surface area contributed by atoms with Crippen LogP contribution in [0, 0.1) is 5.92 Å². The van der Waals surface area contributed by atoms with E-state index in [4.69, 9.17) is 11.6 Å². The van der Waals surface area contributed by atoms with Gasteiger partial charge in [-0.2, -0.15) is 0 Å². The Hall–Kier alpha value is -1.13. The molecule has 1 fully saturated rings. The number of aromatic nitrogens is 1. The van der Waals surface area contributed by atoms with Gasteiger partial charge >= 0.3 is 0 Å². The molecule has 1 aromatic heterocycles. The van der Waals surface area contributed by atoms with Gasteiger partial charge in [0.2, 0.25) is 0 Å². The Bertz CT molecular complexity index is 777.